The number of rotatable bonds is 9. The maximum Gasteiger partial charge on any atom is 0.319 e. The summed E-state index contributed by atoms with van der Waals surface area (Å²) in [5, 5.41) is 11.9. The number of anilines is 4. The largest absolute Gasteiger partial charge is 0.493 e. The molecule has 2 aliphatic rings. The standard InChI is InChI=1S/C37H37N7O6S/c1-38-35(46)33-15-22-13-23(9-10-32(22)51-33)40-34(45)29-16-24(19-42(29)2)41-37(48)39-11-12-50-31-18-28-26(17-30(31)49-4)36(47)44-25(20-43(28)3)14-21-7-5-6-8-27(21)44/h5-10,13,15-19,25H,11-12,14,20H2,1-4H3,(H,38,46)(H,40,45)(H2,39,41,48)/t25-/m0/s1. The summed E-state index contributed by atoms with van der Waals surface area (Å²) in [5.41, 5.74) is 4.75. The van der Waals surface area contributed by atoms with E-state index in [2.05, 4.69) is 32.2 Å². The number of ether oxygens (including phenoxy) is 2. The third kappa shape index (κ3) is 6.53. The predicted molar refractivity (Wildman–Crippen MR) is 198 cm³/mol. The van der Waals surface area contributed by atoms with Crippen LogP contribution in [0.15, 0.2) is 72.9 Å². The van der Waals surface area contributed by atoms with Gasteiger partial charge < -0.3 is 45.1 Å². The lowest BCUT2D eigenvalue weighted by atomic mass is 10.1. The minimum atomic E-state index is -0.467. The fraction of sp³-hybridized carbons (Fsp3) is 0.243. The van der Waals surface area contributed by atoms with E-state index < -0.39 is 6.03 Å². The molecule has 0 radical (unpaired) electrons. The number of hydrogen-bond acceptors (Lipinski definition) is 8. The van der Waals surface area contributed by atoms with Crippen LogP contribution >= 0.6 is 11.3 Å². The van der Waals surface area contributed by atoms with Gasteiger partial charge in [0, 0.05) is 56.0 Å². The molecule has 13 nitrogen and oxygen atoms in total. The number of thiophene rings is 1. The summed E-state index contributed by atoms with van der Waals surface area (Å²) >= 11 is 1.38. The number of benzene rings is 3. The first kappa shape index (κ1) is 33.5. The van der Waals surface area contributed by atoms with Crippen molar-refractivity contribution in [3.8, 4) is 11.5 Å². The molecule has 4 heterocycles. The summed E-state index contributed by atoms with van der Waals surface area (Å²) in [6.45, 7) is 0.986. The van der Waals surface area contributed by atoms with Crippen molar-refractivity contribution in [2.45, 2.75) is 12.5 Å². The first-order chi connectivity index (χ1) is 24.6. The highest BCUT2D eigenvalue weighted by Gasteiger charge is 2.39. The fourth-order valence-electron chi connectivity index (χ4n) is 6.65. The molecule has 0 aliphatic carbocycles. The lowest BCUT2D eigenvalue weighted by molar-refractivity contribution is 0.0963. The number of methoxy groups -OCH3 is 1. The van der Waals surface area contributed by atoms with Gasteiger partial charge in [-0.2, -0.15) is 0 Å². The fourth-order valence-corrected chi connectivity index (χ4v) is 7.63. The van der Waals surface area contributed by atoms with Crippen LogP contribution in [0.25, 0.3) is 10.1 Å². The van der Waals surface area contributed by atoms with Gasteiger partial charge in [0.05, 0.1) is 41.5 Å². The quantitative estimate of drug-likeness (QED) is 0.156. The molecule has 262 valence electrons. The molecular weight excluding hydrogens is 671 g/mol. The van der Waals surface area contributed by atoms with E-state index in [9.17, 15) is 19.2 Å². The Morgan fingerprint density at radius 1 is 0.922 bits per heavy atom. The molecule has 0 fully saturated rings. The molecule has 0 unspecified atom stereocenters. The van der Waals surface area contributed by atoms with Crippen LogP contribution in [0.5, 0.6) is 11.5 Å². The molecule has 0 spiro atoms. The first-order valence-electron chi connectivity index (χ1n) is 16.4. The lowest BCUT2D eigenvalue weighted by Gasteiger charge is -2.25. The van der Waals surface area contributed by atoms with E-state index in [0.29, 0.717) is 45.6 Å². The molecular formula is C37H37N7O6S. The Balaban J connectivity index is 0.945. The van der Waals surface area contributed by atoms with E-state index in [1.807, 2.05) is 48.3 Å². The summed E-state index contributed by atoms with van der Waals surface area (Å²) in [5.74, 6) is 0.291. The van der Waals surface area contributed by atoms with Crippen molar-refractivity contribution < 1.29 is 28.7 Å². The van der Waals surface area contributed by atoms with Crippen molar-refractivity contribution in [2.75, 3.05) is 61.3 Å². The summed E-state index contributed by atoms with van der Waals surface area (Å²) in [4.78, 5) is 56.2. The van der Waals surface area contributed by atoms with Crippen molar-refractivity contribution in [2.24, 2.45) is 7.05 Å². The zero-order valence-corrected chi connectivity index (χ0v) is 29.3. The number of likely N-dealkylation sites (N-methyl/N-ethyl adjacent to an activating group) is 1. The normalized spacial score (nSPS) is 14.7. The van der Waals surface area contributed by atoms with Crippen LogP contribution < -0.4 is 40.5 Å². The van der Waals surface area contributed by atoms with Crippen molar-refractivity contribution in [1.82, 2.24) is 15.2 Å². The molecule has 4 N–H and O–H groups in total. The maximum atomic E-state index is 13.8. The number of carbonyl (C=O) groups is 4. The number of urea groups is 1. The molecule has 51 heavy (non-hydrogen) atoms. The van der Waals surface area contributed by atoms with Crippen LogP contribution in [0.2, 0.25) is 0 Å². The maximum absolute atomic E-state index is 13.8. The molecule has 7 rings (SSSR count). The van der Waals surface area contributed by atoms with Gasteiger partial charge >= 0.3 is 6.03 Å². The van der Waals surface area contributed by atoms with Gasteiger partial charge in [-0.15, -0.1) is 11.3 Å². The number of para-hydroxylation sites is 1. The van der Waals surface area contributed by atoms with E-state index in [-0.39, 0.29) is 36.9 Å². The molecule has 2 aromatic heterocycles. The molecule has 14 heteroatoms. The molecule has 0 bridgehead atoms. The highest BCUT2D eigenvalue weighted by Crippen LogP contribution is 2.42. The Morgan fingerprint density at radius 2 is 1.75 bits per heavy atom. The molecule has 5 amide bonds. The van der Waals surface area contributed by atoms with Crippen molar-refractivity contribution in [3.05, 3.63) is 94.6 Å². The van der Waals surface area contributed by atoms with Crippen molar-refractivity contribution >= 4 is 67.9 Å². The van der Waals surface area contributed by atoms with Gasteiger partial charge in [-0.1, -0.05) is 18.2 Å². The predicted octanol–water partition coefficient (Wildman–Crippen LogP) is 5.08. The van der Waals surface area contributed by atoms with Gasteiger partial charge in [-0.05, 0) is 59.8 Å². The molecule has 5 aromatic rings. The van der Waals surface area contributed by atoms with E-state index in [1.54, 1.807) is 49.1 Å². The van der Waals surface area contributed by atoms with E-state index in [0.717, 1.165) is 33.4 Å². The number of fused-ring (bicyclic) bond motifs is 5. The van der Waals surface area contributed by atoms with Crippen LogP contribution in [0.1, 0.15) is 36.1 Å². The van der Waals surface area contributed by atoms with Gasteiger partial charge in [0.2, 0.25) is 0 Å². The number of amides is 5. The van der Waals surface area contributed by atoms with Crippen molar-refractivity contribution in [1.29, 1.82) is 0 Å². The Morgan fingerprint density at radius 3 is 2.55 bits per heavy atom. The van der Waals surface area contributed by atoms with E-state index in [1.165, 1.54) is 18.4 Å². The van der Waals surface area contributed by atoms with Gasteiger partial charge in [0.1, 0.15) is 12.3 Å². The van der Waals surface area contributed by atoms with E-state index >= 15 is 0 Å². The smallest absolute Gasteiger partial charge is 0.319 e. The summed E-state index contributed by atoms with van der Waals surface area (Å²) in [6, 6.07) is 19.9. The van der Waals surface area contributed by atoms with Crippen molar-refractivity contribution in [3.63, 3.8) is 0 Å². The highest BCUT2D eigenvalue weighted by atomic mass is 32.1. The van der Waals surface area contributed by atoms with Gasteiger partial charge in [-0.25, -0.2) is 4.79 Å². The summed E-state index contributed by atoms with van der Waals surface area (Å²) in [7, 11) is 6.79. The minimum Gasteiger partial charge on any atom is -0.493 e. The average Bonchev–Trinajstić information content (AvgIpc) is 3.81. The number of aromatic nitrogens is 1. The molecule has 3 aromatic carbocycles. The topological polar surface area (TPSA) is 146 Å². The van der Waals surface area contributed by atoms with Crippen LogP contribution in [-0.2, 0) is 13.5 Å². The number of nitrogens with zero attached hydrogens (tertiary/aromatic N) is 3. The molecule has 0 saturated carbocycles. The SMILES string of the molecule is CNC(=O)c1cc2cc(NC(=O)c3cc(NC(=O)NCCOc4cc5c(cc4OC)C(=O)N4c6ccccc6C[C@H]4CN5C)cn3C)ccc2s1. The molecule has 0 saturated heterocycles. The molecule has 2 aliphatic heterocycles. The second-order valence-corrected chi connectivity index (χ2v) is 13.5. The second kappa shape index (κ2) is 13.7. The zero-order chi connectivity index (χ0) is 35.8. The average molecular weight is 708 g/mol. The number of nitrogens with one attached hydrogen (secondary N) is 4. The Bertz CT molecular complexity index is 2190. The first-order valence-corrected chi connectivity index (χ1v) is 17.2. The van der Waals surface area contributed by atoms with Crippen LogP contribution in [0, 0.1) is 0 Å². The van der Waals surface area contributed by atoms with Crippen LogP contribution in [0.3, 0.4) is 0 Å². The Hall–Kier alpha value is -6.02. The number of aryl methyl sites for hydroxylation is 1. The van der Waals surface area contributed by atoms with E-state index in [4.69, 9.17) is 9.47 Å². The number of hydrogen-bond donors (Lipinski definition) is 4. The van der Waals surface area contributed by atoms with Gasteiger partial charge in [0.15, 0.2) is 11.5 Å². The Labute approximate surface area is 298 Å². The third-order valence-corrected chi connectivity index (χ3v) is 10.2. The Kier molecular flexibility index (Phi) is 9.00. The lowest BCUT2D eigenvalue weighted by Crippen LogP contribution is -2.41. The van der Waals surface area contributed by atoms with Crippen LogP contribution in [0.4, 0.5) is 27.5 Å². The third-order valence-electron chi connectivity index (χ3n) is 9.06. The second-order valence-electron chi connectivity index (χ2n) is 12.4. The minimum absolute atomic E-state index is 0.0212. The van der Waals surface area contributed by atoms with Gasteiger partial charge in [-0.3, -0.25) is 14.4 Å². The molecule has 1 atom stereocenters. The monoisotopic (exact) mass is 707 g/mol. The summed E-state index contributed by atoms with van der Waals surface area (Å²) < 4.78 is 14.2. The van der Waals surface area contributed by atoms with Gasteiger partial charge in [0.25, 0.3) is 17.7 Å². The number of carbonyl (C=O) groups excluding carboxylic acids is 4. The zero-order valence-electron chi connectivity index (χ0n) is 28.5. The van der Waals surface area contributed by atoms with Crippen LogP contribution in [-0.4, -0.2) is 75.3 Å². The highest BCUT2D eigenvalue weighted by molar-refractivity contribution is 7.20. The summed E-state index contributed by atoms with van der Waals surface area (Å²) in [6.07, 6.45) is 2.44.